The summed E-state index contributed by atoms with van der Waals surface area (Å²) < 4.78 is 29.1. The molecular weight excluding hydrogens is 480 g/mol. The van der Waals surface area contributed by atoms with E-state index in [1.807, 2.05) is 35.8 Å². The van der Waals surface area contributed by atoms with Crippen molar-refractivity contribution in [2.75, 3.05) is 0 Å². The fourth-order valence-electron chi connectivity index (χ4n) is 3.23. The van der Waals surface area contributed by atoms with Gasteiger partial charge in [0.2, 0.25) is 0 Å². The Kier molecular flexibility index (Phi) is 7.70. The van der Waals surface area contributed by atoms with Gasteiger partial charge in [-0.05, 0) is 61.0 Å². The number of halogens is 2. The van der Waals surface area contributed by atoms with Crippen molar-refractivity contribution in [3.8, 4) is 0 Å². The zero-order valence-electron chi connectivity index (χ0n) is 18.3. The maximum Gasteiger partial charge on any atom is 1.00 e. The third-order valence-electron chi connectivity index (χ3n) is 4.84. The summed E-state index contributed by atoms with van der Waals surface area (Å²) in [5, 5.41) is 1.03. The van der Waals surface area contributed by atoms with E-state index < -0.39 is 15.9 Å². The van der Waals surface area contributed by atoms with E-state index >= 15 is 0 Å². The zero-order valence-corrected chi connectivity index (χ0v) is 21.7. The predicted molar refractivity (Wildman–Crippen MR) is 122 cm³/mol. The Morgan fingerprint density at radius 1 is 1.06 bits per heavy atom. The van der Waals surface area contributed by atoms with Crippen LogP contribution in [0.3, 0.4) is 0 Å². The molecule has 1 amide bonds. The molecule has 0 saturated heterocycles. The molecule has 10 heteroatoms. The summed E-state index contributed by atoms with van der Waals surface area (Å²) in [5.74, 6) is 0.0151. The third-order valence-corrected chi connectivity index (χ3v) is 6.81. The summed E-state index contributed by atoms with van der Waals surface area (Å²) in [6.07, 6.45) is 0. The van der Waals surface area contributed by atoms with E-state index in [0.29, 0.717) is 27.6 Å². The first kappa shape index (κ1) is 24.8. The molecule has 0 aliphatic heterocycles. The molecule has 160 valence electrons. The maximum absolute atomic E-state index is 12.7. The molecule has 0 atom stereocenters. The number of hydrogen-bond donors (Lipinski definition) is 1. The van der Waals surface area contributed by atoms with Crippen LogP contribution in [0.4, 0.5) is 0 Å². The number of fused-ring (bicyclic) bond motifs is 1. The first-order valence-corrected chi connectivity index (χ1v) is 11.5. The quantitative estimate of drug-likeness (QED) is 0.427. The fraction of sp³-hybridized carbons (Fsp3) is 0.0909. The number of carbonyl (C=O) groups excluding carboxylic acids is 1. The number of benzene rings is 3. The second-order valence-electron chi connectivity index (χ2n) is 6.93. The summed E-state index contributed by atoms with van der Waals surface area (Å²) in [7, 11) is -4.03. The molecule has 0 saturated carbocycles. The molecule has 0 radical (unpaired) electrons. The van der Waals surface area contributed by atoms with Gasteiger partial charge in [0.15, 0.2) is 0 Å². The Bertz CT molecular complexity index is 1410. The molecule has 1 N–H and O–H groups in total. The Morgan fingerprint density at radius 2 is 1.75 bits per heavy atom. The van der Waals surface area contributed by atoms with Crippen LogP contribution in [-0.4, -0.2) is 23.9 Å². The average molecular weight is 498 g/mol. The van der Waals surface area contributed by atoms with Crippen molar-refractivity contribution in [2.45, 2.75) is 18.4 Å². The zero-order chi connectivity index (χ0) is 22.2. The summed E-state index contributed by atoms with van der Waals surface area (Å²) in [6.45, 7) is 2.33. The van der Waals surface area contributed by atoms with Crippen LogP contribution >= 0.6 is 23.2 Å². The van der Waals surface area contributed by atoms with Crippen molar-refractivity contribution in [1.82, 2.24) is 14.3 Å². The first-order chi connectivity index (χ1) is 14.7. The van der Waals surface area contributed by atoms with Crippen LogP contribution in [0, 0.1) is 6.92 Å². The molecule has 0 fully saturated rings. The molecule has 0 bridgehead atoms. The van der Waals surface area contributed by atoms with Crippen LogP contribution in [0.1, 0.15) is 23.2 Å². The average Bonchev–Trinajstić information content (AvgIpc) is 3.04. The molecule has 0 aliphatic rings. The van der Waals surface area contributed by atoms with Gasteiger partial charge in [0.05, 0.1) is 22.5 Å². The number of nitrogens with one attached hydrogen (secondary N) is 1. The van der Waals surface area contributed by atoms with Gasteiger partial charge in [0.1, 0.15) is 5.82 Å². The number of amides is 1. The van der Waals surface area contributed by atoms with Crippen molar-refractivity contribution in [2.24, 2.45) is 0 Å². The number of aromatic nitrogens is 2. The van der Waals surface area contributed by atoms with E-state index in [4.69, 9.17) is 23.2 Å². The minimum Gasteiger partial charge on any atom is -1.00 e. The number of aryl methyl sites for hydroxylation is 1. The van der Waals surface area contributed by atoms with Crippen LogP contribution in [0.5, 0.6) is 0 Å². The largest absolute Gasteiger partial charge is 1.00 e. The molecule has 4 aromatic rings. The van der Waals surface area contributed by atoms with Gasteiger partial charge >= 0.3 is 29.6 Å². The van der Waals surface area contributed by atoms with E-state index in [-0.39, 0.29) is 41.4 Å². The Morgan fingerprint density at radius 3 is 2.44 bits per heavy atom. The van der Waals surface area contributed by atoms with Gasteiger partial charge < -0.3 is 5.99 Å². The Hall–Kier alpha value is -1.87. The van der Waals surface area contributed by atoms with Crippen LogP contribution in [0.2, 0.25) is 10.0 Å². The molecule has 6 nitrogen and oxygen atoms in total. The Balaban J connectivity index is 0.00000193. The molecule has 0 unspecified atom stereocenters. The molecule has 1 heterocycles. The van der Waals surface area contributed by atoms with Crippen molar-refractivity contribution < 1.29 is 44.2 Å². The van der Waals surface area contributed by atoms with Gasteiger partial charge in [0, 0.05) is 15.6 Å². The van der Waals surface area contributed by atoms with Gasteiger partial charge in [0.25, 0.3) is 15.9 Å². The van der Waals surface area contributed by atoms with Crippen LogP contribution in [0.15, 0.2) is 71.6 Å². The smallest absolute Gasteiger partial charge is 1.00 e. The third kappa shape index (κ3) is 5.20. The molecular formula is C22H18Cl2N3NaO3S. The van der Waals surface area contributed by atoms with Gasteiger partial charge in [-0.25, -0.2) is 18.1 Å². The van der Waals surface area contributed by atoms with Crippen LogP contribution < -0.4 is 34.3 Å². The minimum absolute atomic E-state index is 0. The number of rotatable bonds is 5. The van der Waals surface area contributed by atoms with Gasteiger partial charge in [-0.2, -0.15) is 0 Å². The van der Waals surface area contributed by atoms with Crippen molar-refractivity contribution in [1.29, 1.82) is 0 Å². The summed E-state index contributed by atoms with van der Waals surface area (Å²) in [5.41, 5.74) is 2.51. The molecule has 1 aromatic heterocycles. The summed E-state index contributed by atoms with van der Waals surface area (Å²) in [4.78, 5) is 17.2. The fourth-order valence-corrected chi connectivity index (χ4v) is 4.53. The number of sulfonamides is 1. The topological polar surface area (TPSA) is 81.1 Å². The monoisotopic (exact) mass is 497 g/mol. The summed E-state index contributed by atoms with van der Waals surface area (Å²) >= 11 is 12.1. The van der Waals surface area contributed by atoms with Gasteiger partial charge in [-0.3, -0.25) is 4.79 Å². The normalized spacial score (nSPS) is 11.2. The predicted octanol–water partition coefficient (Wildman–Crippen LogP) is 1.94. The van der Waals surface area contributed by atoms with E-state index in [9.17, 15) is 13.2 Å². The molecule has 3 aromatic carbocycles. The molecule has 4 rings (SSSR count). The molecule has 0 aliphatic carbocycles. The van der Waals surface area contributed by atoms with E-state index in [1.54, 1.807) is 18.2 Å². The van der Waals surface area contributed by atoms with E-state index in [1.165, 1.54) is 24.3 Å². The van der Waals surface area contributed by atoms with Crippen molar-refractivity contribution >= 4 is 50.2 Å². The number of carbonyl (C=O) groups is 1. The van der Waals surface area contributed by atoms with Crippen molar-refractivity contribution in [3.63, 3.8) is 0 Å². The molecule has 0 spiro atoms. The van der Waals surface area contributed by atoms with Gasteiger partial charge in [-0.15, -0.1) is 0 Å². The van der Waals surface area contributed by atoms with E-state index in [0.717, 1.165) is 11.4 Å². The molecule has 32 heavy (non-hydrogen) atoms. The van der Waals surface area contributed by atoms with Crippen molar-refractivity contribution in [3.05, 3.63) is 93.7 Å². The van der Waals surface area contributed by atoms with Crippen LogP contribution in [0.25, 0.3) is 11.0 Å². The maximum atomic E-state index is 12.7. The first-order valence-electron chi connectivity index (χ1n) is 9.27. The standard InChI is InChI=1S/C22H17Cl2N3O3S.Na.H/c1-14-25-20-11-6-15(12-21(20)27(14)13-16-4-2-3-5-19(16)24)22(28)26-31(29,30)18-9-7-17(23)8-10-18;;/h2-12H,13H2,1H3,(H,26,28);;/q;+1;-1. The number of nitrogens with zero attached hydrogens (tertiary/aromatic N) is 2. The summed E-state index contributed by atoms with van der Waals surface area (Å²) in [6, 6.07) is 17.9. The Labute approximate surface area is 219 Å². The second kappa shape index (κ2) is 9.95. The number of imidazole rings is 1. The second-order valence-corrected chi connectivity index (χ2v) is 9.45. The van der Waals surface area contributed by atoms with E-state index in [2.05, 4.69) is 9.71 Å². The SMILES string of the molecule is Cc1nc2ccc(C(=O)NS(=O)(=O)c3ccc(Cl)cc3)cc2n1Cc1ccccc1Cl.[H-].[Na+]. The van der Waals surface area contributed by atoms with Gasteiger partial charge in [-0.1, -0.05) is 41.4 Å². The minimum atomic E-state index is -4.03. The van der Waals surface area contributed by atoms with Crippen LogP contribution in [-0.2, 0) is 16.6 Å². The number of hydrogen-bond acceptors (Lipinski definition) is 4.